The summed E-state index contributed by atoms with van der Waals surface area (Å²) in [5, 5.41) is 3.51. The molecule has 1 aliphatic rings. The Balaban J connectivity index is 1.97. The normalized spacial score (nSPS) is 26.6. The Hall–Kier alpha value is -1.29. The van der Waals surface area contributed by atoms with Crippen LogP contribution in [0.3, 0.4) is 0 Å². The Morgan fingerprint density at radius 3 is 2.80 bits per heavy atom. The molecule has 2 unspecified atom stereocenters. The van der Waals surface area contributed by atoms with E-state index < -0.39 is 0 Å². The molecule has 1 aromatic heterocycles. The summed E-state index contributed by atoms with van der Waals surface area (Å²) < 4.78 is 11.7. The summed E-state index contributed by atoms with van der Waals surface area (Å²) in [5.41, 5.74) is 0. The molecule has 2 rings (SSSR count). The molecule has 1 aliphatic heterocycles. The van der Waals surface area contributed by atoms with E-state index in [1.165, 1.54) is 0 Å². The number of nitrogens with zero attached hydrogens (tertiary/aromatic N) is 1. The minimum Gasteiger partial charge on any atom is -0.489 e. The van der Waals surface area contributed by atoms with Gasteiger partial charge in [0.15, 0.2) is 0 Å². The number of pyridine rings is 1. The van der Waals surface area contributed by atoms with E-state index in [1.54, 1.807) is 6.20 Å². The average molecular weight is 278 g/mol. The fraction of sp³-hybridized carbons (Fsp3) is 0.688. The fourth-order valence-corrected chi connectivity index (χ4v) is 2.59. The smallest absolute Gasteiger partial charge is 0.213 e. The van der Waals surface area contributed by atoms with Crippen molar-refractivity contribution >= 4 is 0 Å². The largest absolute Gasteiger partial charge is 0.489 e. The molecule has 0 saturated carbocycles. The minimum atomic E-state index is 0.165. The predicted octanol–water partition coefficient (Wildman–Crippen LogP) is 3.02. The van der Waals surface area contributed by atoms with Crippen molar-refractivity contribution < 1.29 is 9.47 Å². The van der Waals surface area contributed by atoms with Gasteiger partial charge in [0.25, 0.3) is 0 Å². The van der Waals surface area contributed by atoms with Gasteiger partial charge in [0, 0.05) is 24.6 Å². The molecule has 0 bridgehead atoms. The van der Waals surface area contributed by atoms with Crippen molar-refractivity contribution in [2.24, 2.45) is 5.92 Å². The summed E-state index contributed by atoms with van der Waals surface area (Å²) in [7, 11) is 0. The van der Waals surface area contributed by atoms with Crippen molar-refractivity contribution in [1.29, 1.82) is 0 Å². The molecule has 0 aromatic carbocycles. The maximum Gasteiger partial charge on any atom is 0.213 e. The van der Waals surface area contributed by atoms with Crippen LogP contribution in [-0.4, -0.2) is 29.8 Å². The van der Waals surface area contributed by atoms with Crippen LogP contribution < -0.4 is 14.8 Å². The molecule has 4 nitrogen and oxygen atoms in total. The van der Waals surface area contributed by atoms with Crippen LogP contribution in [0.15, 0.2) is 18.3 Å². The van der Waals surface area contributed by atoms with E-state index in [4.69, 9.17) is 9.47 Å². The highest BCUT2D eigenvalue weighted by molar-refractivity contribution is 5.23. The number of hydrogen-bond acceptors (Lipinski definition) is 4. The van der Waals surface area contributed by atoms with Crippen LogP contribution in [-0.2, 0) is 0 Å². The van der Waals surface area contributed by atoms with Crippen molar-refractivity contribution in [1.82, 2.24) is 10.3 Å². The van der Waals surface area contributed by atoms with Crippen LogP contribution in [0.5, 0.6) is 11.6 Å². The van der Waals surface area contributed by atoms with Gasteiger partial charge >= 0.3 is 0 Å². The Bertz CT molecular complexity index is 405. The summed E-state index contributed by atoms with van der Waals surface area (Å²) in [4.78, 5) is 4.35. The average Bonchev–Trinajstić information content (AvgIpc) is 2.41. The van der Waals surface area contributed by atoms with Gasteiger partial charge in [-0.25, -0.2) is 4.98 Å². The molecule has 112 valence electrons. The third kappa shape index (κ3) is 4.10. The molecule has 2 heterocycles. The molecule has 0 aliphatic carbocycles. The van der Waals surface area contributed by atoms with Gasteiger partial charge in [-0.15, -0.1) is 0 Å². The molecule has 1 saturated heterocycles. The van der Waals surface area contributed by atoms with E-state index >= 15 is 0 Å². The van der Waals surface area contributed by atoms with Crippen molar-refractivity contribution in [3.05, 3.63) is 18.3 Å². The topological polar surface area (TPSA) is 43.4 Å². The van der Waals surface area contributed by atoms with Crippen LogP contribution in [0.25, 0.3) is 0 Å². The molecule has 0 spiro atoms. The highest BCUT2D eigenvalue weighted by Gasteiger charge is 2.28. The third-order valence-electron chi connectivity index (χ3n) is 3.72. The van der Waals surface area contributed by atoms with E-state index in [1.807, 2.05) is 26.0 Å². The highest BCUT2D eigenvalue weighted by atomic mass is 16.5. The van der Waals surface area contributed by atoms with Crippen LogP contribution >= 0.6 is 0 Å². The van der Waals surface area contributed by atoms with Crippen molar-refractivity contribution in [3.63, 3.8) is 0 Å². The molecule has 20 heavy (non-hydrogen) atoms. The second kappa shape index (κ2) is 6.93. The molecule has 1 N–H and O–H groups in total. The zero-order valence-corrected chi connectivity index (χ0v) is 12.9. The highest BCUT2D eigenvalue weighted by Crippen LogP contribution is 2.24. The molecule has 4 heteroatoms. The van der Waals surface area contributed by atoms with Gasteiger partial charge in [0.2, 0.25) is 5.88 Å². The van der Waals surface area contributed by atoms with Crippen LogP contribution in [0.2, 0.25) is 0 Å². The number of piperidine rings is 1. The molecule has 0 radical (unpaired) electrons. The van der Waals surface area contributed by atoms with E-state index in [9.17, 15) is 0 Å². The molecular formula is C16H26N2O2. The monoisotopic (exact) mass is 278 g/mol. The first kappa shape index (κ1) is 15.1. The van der Waals surface area contributed by atoms with E-state index in [-0.39, 0.29) is 12.2 Å². The number of hydrogen-bond donors (Lipinski definition) is 1. The Morgan fingerprint density at radius 2 is 2.20 bits per heavy atom. The fourth-order valence-electron chi connectivity index (χ4n) is 2.59. The van der Waals surface area contributed by atoms with E-state index in [0.717, 1.165) is 25.1 Å². The quantitative estimate of drug-likeness (QED) is 0.899. The van der Waals surface area contributed by atoms with Crippen molar-refractivity contribution in [3.8, 4) is 11.6 Å². The zero-order valence-electron chi connectivity index (χ0n) is 12.9. The van der Waals surface area contributed by atoms with Gasteiger partial charge in [-0.05, 0) is 39.7 Å². The first-order chi connectivity index (χ1) is 9.58. The molecule has 1 aromatic rings. The lowest BCUT2D eigenvalue weighted by Crippen LogP contribution is -2.47. The maximum absolute atomic E-state index is 6.08. The second-order valence-electron chi connectivity index (χ2n) is 5.87. The summed E-state index contributed by atoms with van der Waals surface area (Å²) in [6, 6.07) is 4.33. The molecule has 1 fully saturated rings. The first-order valence-corrected chi connectivity index (χ1v) is 7.61. The Kier molecular flexibility index (Phi) is 5.24. The lowest BCUT2D eigenvalue weighted by molar-refractivity contribution is 0.0791. The standard InChI is InChI=1S/C16H26N2O2/c1-5-13-9-17-12(4)8-15(13)20-16-7-6-14(10-18-16)19-11(2)3/h6-7,10-13,15,17H,5,8-9H2,1-4H3/t12?,13-,15?/m1/s1. The van der Waals surface area contributed by atoms with Crippen LogP contribution in [0.4, 0.5) is 0 Å². The summed E-state index contributed by atoms with van der Waals surface area (Å²) in [6.45, 7) is 9.46. The Morgan fingerprint density at radius 1 is 1.40 bits per heavy atom. The van der Waals surface area contributed by atoms with Crippen LogP contribution in [0, 0.1) is 5.92 Å². The number of aromatic nitrogens is 1. The third-order valence-corrected chi connectivity index (χ3v) is 3.72. The second-order valence-corrected chi connectivity index (χ2v) is 5.87. The Labute approximate surface area is 121 Å². The number of rotatable bonds is 5. The SMILES string of the molecule is CC[C@@H]1CNC(C)CC1Oc1ccc(OC(C)C)cn1. The minimum absolute atomic E-state index is 0.165. The summed E-state index contributed by atoms with van der Waals surface area (Å²) in [5.74, 6) is 2.04. The maximum atomic E-state index is 6.08. The summed E-state index contributed by atoms with van der Waals surface area (Å²) >= 11 is 0. The lowest BCUT2D eigenvalue weighted by atomic mass is 9.90. The number of ether oxygens (including phenoxy) is 2. The van der Waals surface area contributed by atoms with Crippen molar-refractivity contribution in [2.45, 2.75) is 58.8 Å². The van der Waals surface area contributed by atoms with Gasteiger partial charge in [-0.1, -0.05) is 6.92 Å². The van der Waals surface area contributed by atoms with Gasteiger partial charge in [0.05, 0.1) is 12.3 Å². The van der Waals surface area contributed by atoms with Gasteiger partial charge < -0.3 is 14.8 Å². The van der Waals surface area contributed by atoms with Gasteiger partial charge in [0.1, 0.15) is 11.9 Å². The number of nitrogens with one attached hydrogen (secondary N) is 1. The van der Waals surface area contributed by atoms with Gasteiger partial charge in [-0.3, -0.25) is 0 Å². The van der Waals surface area contributed by atoms with E-state index in [0.29, 0.717) is 17.8 Å². The predicted molar refractivity (Wildman–Crippen MR) is 80.3 cm³/mol. The molecule has 0 amide bonds. The molecule has 3 atom stereocenters. The van der Waals surface area contributed by atoms with E-state index in [2.05, 4.69) is 24.1 Å². The van der Waals surface area contributed by atoms with Gasteiger partial charge in [-0.2, -0.15) is 0 Å². The summed E-state index contributed by atoms with van der Waals surface area (Å²) in [6.07, 6.45) is 4.31. The lowest BCUT2D eigenvalue weighted by Gasteiger charge is -2.35. The molecular weight excluding hydrogens is 252 g/mol. The zero-order chi connectivity index (χ0) is 14.5. The van der Waals surface area contributed by atoms with Crippen LogP contribution in [0.1, 0.15) is 40.5 Å². The first-order valence-electron chi connectivity index (χ1n) is 7.61. The van der Waals surface area contributed by atoms with Crippen molar-refractivity contribution in [2.75, 3.05) is 6.54 Å².